The highest BCUT2D eigenvalue weighted by atomic mass is 32.2. The van der Waals surface area contributed by atoms with Gasteiger partial charge < -0.3 is 14.6 Å². The quantitative estimate of drug-likeness (QED) is 0.208. The number of hydrogen-bond donors (Lipinski definition) is 2. The van der Waals surface area contributed by atoms with Crippen LogP contribution in [0.15, 0.2) is 64.9 Å². The number of carbonyl (C=O) groups is 2. The molecular weight excluding hydrogens is 508 g/mol. The van der Waals surface area contributed by atoms with Gasteiger partial charge in [-0.15, -0.1) is 11.3 Å². The number of nitrogens with one attached hydrogen (secondary N) is 1. The summed E-state index contributed by atoms with van der Waals surface area (Å²) in [6.45, 7) is 0. The fourth-order valence-corrected chi connectivity index (χ4v) is 6.09. The molecule has 3 atom stereocenters. The normalized spacial score (nSPS) is 16.5. The van der Waals surface area contributed by atoms with Gasteiger partial charge in [0.25, 0.3) is 0 Å². The molecule has 1 aromatic heterocycles. The molecule has 1 saturated carbocycles. The zero-order chi connectivity index (χ0) is 26.2. The lowest BCUT2D eigenvalue weighted by atomic mass is 9.87. The number of amides is 1. The first-order valence-corrected chi connectivity index (χ1v) is 14.5. The van der Waals surface area contributed by atoms with Crippen LogP contribution >= 0.6 is 11.3 Å². The molecule has 0 aliphatic heterocycles. The Labute approximate surface area is 224 Å². The number of benzene rings is 2. The summed E-state index contributed by atoms with van der Waals surface area (Å²) in [5, 5.41) is 5.94. The molecule has 9 heteroatoms. The Balaban J connectivity index is 1.58. The number of aromatic nitrogens is 1. The van der Waals surface area contributed by atoms with Gasteiger partial charge in [0.2, 0.25) is 5.91 Å². The van der Waals surface area contributed by atoms with Crippen LogP contribution in [0.5, 0.6) is 0 Å². The molecule has 0 saturated heterocycles. The van der Waals surface area contributed by atoms with E-state index in [1.165, 1.54) is 37.7 Å². The number of esters is 1. The summed E-state index contributed by atoms with van der Waals surface area (Å²) in [6, 6.07) is 15.7. The lowest BCUT2D eigenvalue weighted by Crippen LogP contribution is -2.40. The van der Waals surface area contributed by atoms with Crippen LogP contribution < -0.4 is 5.32 Å². The average molecular weight is 541 g/mol. The van der Waals surface area contributed by atoms with E-state index in [1.54, 1.807) is 24.3 Å². The second-order valence-electron chi connectivity index (χ2n) is 9.37. The Kier molecular flexibility index (Phi) is 9.60. The van der Waals surface area contributed by atoms with E-state index >= 15 is 0 Å². The minimum absolute atomic E-state index is 0.230. The Morgan fingerprint density at radius 2 is 1.73 bits per heavy atom. The first-order chi connectivity index (χ1) is 17.9. The number of methoxy groups -OCH3 is 1. The Morgan fingerprint density at radius 3 is 2.38 bits per heavy atom. The van der Waals surface area contributed by atoms with E-state index in [1.807, 2.05) is 30.3 Å². The average Bonchev–Trinajstić information content (AvgIpc) is 3.43. The van der Waals surface area contributed by atoms with Crippen LogP contribution in [0.4, 0.5) is 0 Å². The molecule has 0 radical (unpaired) electrons. The molecule has 1 aliphatic rings. The molecule has 4 rings (SSSR count). The maximum Gasteiger partial charge on any atom is 0.318 e. The summed E-state index contributed by atoms with van der Waals surface area (Å²) < 4.78 is 25.7. The number of carbonyl (C=O) groups excluding carboxylic acids is 2. The van der Waals surface area contributed by atoms with Gasteiger partial charge in [-0.05, 0) is 48.9 Å². The molecule has 37 heavy (non-hydrogen) atoms. The molecule has 7 nitrogen and oxygen atoms in total. The second kappa shape index (κ2) is 13.1. The number of thiazole rings is 1. The number of rotatable bonds is 10. The highest BCUT2D eigenvalue weighted by molar-refractivity contribution is 7.79. The van der Waals surface area contributed by atoms with Gasteiger partial charge in [0, 0.05) is 11.3 Å². The maximum absolute atomic E-state index is 13.5. The maximum atomic E-state index is 13.5. The van der Waals surface area contributed by atoms with Crippen molar-refractivity contribution in [1.82, 2.24) is 10.3 Å². The molecule has 2 N–H and O–H groups in total. The Hall–Kier alpha value is -2.88. The Morgan fingerprint density at radius 1 is 1.05 bits per heavy atom. The van der Waals surface area contributed by atoms with Crippen molar-refractivity contribution in [1.29, 1.82) is 0 Å². The van der Waals surface area contributed by atoms with Gasteiger partial charge in [-0.2, -0.15) is 0 Å². The molecule has 196 valence electrons. The van der Waals surface area contributed by atoms with Gasteiger partial charge >= 0.3 is 5.97 Å². The molecule has 0 bridgehead atoms. The van der Waals surface area contributed by atoms with E-state index in [0.29, 0.717) is 17.2 Å². The number of nitrogens with zero attached hydrogens (tertiary/aromatic N) is 1. The molecule has 1 amide bonds. The zero-order valence-electron chi connectivity index (χ0n) is 20.8. The summed E-state index contributed by atoms with van der Waals surface area (Å²) in [6.07, 6.45) is 6.59. The summed E-state index contributed by atoms with van der Waals surface area (Å²) in [7, 11) is 1.29. The molecule has 1 aliphatic carbocycles. The predicted octanol–water partition coefficient (Wildman–Crippen LogP) is 5.20. The third-order valence-electron chi connectivity index (χ3n) is 6.83. The van der Waals surface area contributed by atoms with Gasteiger partial charge in [0.15, 0.2) is 11.1 Å². The topological polar surface area (TPSA) is 106 Å². The third kappa shape index (κ3) is 7.34. The first-order valence-electron chi connectivity index (χ1n) is 12.5. The van der Waals surface area contributed by atoms with Crippen molar-refractivity contribution in [2.45, 2.75) is 61.8 Å². The molecule has 1 unspecified atom stereocenters. The van der Waals surface area contributed by atoms with Crippen molar-refractivity contribution in [3.63, 3.8) is 0 Å². The van der Waals surface area contributed by atoms with E-state index in [2.05, 4.69) is 10.7 Å². The lowest BCUT2D eigenvalue weighted by molar-refractivity contribution is -0.150. The molecule has 1 heterocycles. The molecule has 1 fully saturated rings. The predicted molar refractivity (Wildman–Crippen MR) is 144 cm³/mol. The van der Waals surface area contributed by atoms with Gasteiger partial charge in [0.1, 0.15) is 10.9 Å². The van der Waals surface area contributed by atoms with Gasteiger partial charge in [-0.3, -0.25) is 9.59 Å². The van der Waals surface area contributed by atoms with E-state index in [-0.39, 0.29) is 6.42 Å². The molecule has 3 aromatic rings. The van der Waals surface area contributed by atoms with Crippen LogP contribution in [0.3, 0.4) is 0 Å². The number of ether oxygens (including phenoxy) is 1. The molecular formula is C28H32N2O5S2. The van der Waals surface area contributed by atoms with Crippen molar-refractivity contribution in [2.24, 2.45) is 5.92 Å². The lowest BCUT2D eigenvalue weighted by Gasteiger charge is -2.22. The van der Waals surface area contributed by atoms with Crippen LogP contribution in [-0.2, 0) is 38.2 Å². The highest BCUT2D eigenvalue weighted by Crippen LogP contribution is 2.34. The van der Waals surface area contributed by atoms with E-state index in [4.69, 9.17) is 9.72 Å². The van der Waals surface area contributed by atoms with Gasteiger partial charge in [0.05, 0.1) is 23.7 Å². The van der Waals surface area contributed by atoms with Crippen LogP contribution in [0.25, 0.3) is 0 Å². The molecule has 2 aromatic carbocycles. The summed E-state index contributed by atoms with van der Waals surface area (Å²) in [5.74, 6) is -1.55. The minimum Gasteiger partial charge on any atom is -0.468 e. The molecule has 0 spiro atoms. The highest BCUT2D eigenvalue weighted by Gasteiger charge is 2.31. The van der Waals surface area contributed by atoms with Gasteiger partial charge in [-0.25, -0.2) is 9.19 Å². The fourth-order valence-electron chi connectivity index (χ4n) is 4.77. The number of hydrogen-bond acceptors (Lipinski definition) is 6. The van der Waals surface area contributed by atoms with Crippen LogP contribution in [0.1, 0.15) is 65.9 Å². The monoisotopic (exact) mass is 540 g/mol. The summed E-state index contributed by atoms with van der Waals surface area (Å²) in [4.78, 5) is 31.3. The first kappa shape index (κ1) is 27.2. The fraction of sp³-hybridized carbons (Fsp3) is 0.393. The standard InChI is InChI=1S/C28H32N2O5S2/c1-35-28(32)23(16-19-8-4-2-5-9-19)26(31)29-24(17-20-12-14-22(15-13-20)37(33)34)27-30-25(18-36-27)21-10-6-3-7-11-21/h2,4-5,8-9,12-15,18,21,23-24H,3,6-7,10-11,16-17H2,1H3,(H,29,31)(H,33,34)/t23-,24-/m0/s1. The van der Waals surface area contributed by atoms with E-state index in [9.17, 15) is 18.4 Å². The van der Waals surface area contributed by atoms with Crippen molar-refractivity contribution >= 4 is 34.3 Å². The van der Waals surface area contributed by atoms with Crippen molar-refractivity contribution in [3.8, 4) is 0 Å². The zero-order valence-corrected chi connectivity index (χ0v) is 22.4. The smallest absolute Gasteiger partial charge is 0.318 e. The van der Waals surface area contributed by atoms with Crippen LogP contribution in [0, 0.1) is 5.92 Å². The van der Waals surface area contributed by atoms with E-state index < -0.39 is 34.9 Å². The Bertz CT molecular complexity index is 1210. The van der Waals surface area contributed by atoms with Crippen LogP contribution in [-0.4, -0.2) is 32.7 Å². The van der Waals surface area contributed by atoms with Crippen LogP contribution in [0.2, 0.25) is 0 Å². The van der Waals surface area contributed by atoms with E-state index in [0.717, 1.165) is 34.7 Å². The minimum atomic E-state index is -2.06. The third-order valence-corrected chi connectivity index (χ3v) is 8.48. The van der Waals surface area contributed by atoms with Crippen molar-refractivity contribution in [3.05, 3.63) is 81.8 Å². The second-order valence-corrected chi connectivity index (χ2v) is 11.2. The van der Waals surface area contributed by atoms with Gasteiger partial charge in [-0.1, -0.05) is 61.7 Å². The largest absolute Gasteiger partial charge is 0.468 e. The van der Waals surface area contributed by atoms with Crippen molar-refractivity contribution < 1.29 is 23.1 Å². The summed E-state index contributed by atoms with van der Waals surface area (Å²) in [5.41, 5.74) is 2.82. The summed E-state index contributed by atoms with van der Waals surface area (Å²) >= 11 is -0.538. The van der Waals surface area contributed by atoms with Crippen molar-refractivity contribution in [2.75, 3.05) is 7.11 Å². The SMILES string of the molecule is COC(=O)[C@@H](Cc1ccccc1)C(=O)N[C@@H](Cc1ccc(S(=O)O)cc1)c1nc(C2CCCCC2)cs1.